The van der Waals surface area contributed by atoms with Crippen molar-refractivity contribution in [2.45, 2.75) is 250 Å². The first-order valence-corrected chi connectivity index (χ1v) is 43.9. The van der Waals surface area contributed by atoms with Gasteiger partial charge in [-0.1, -0.05) is 134 Å². The molecule has 5 rings (SSSR count). The molecule has 1 radical (unpaired) electrons. The van der Waals surface area contributed by atoms with Crippen LogP contribution in [0.3, 0.4) is 0 Å². The van der Waals surface area contributed by atoms with Gasteiger partial charge in [0.2, 0.25) is 76.8 Å². The number of unbranched alkanes of at least 4 members (excludes halogenated alkanes) is 2. The van der Waals surface area contributed by atoms with E-state index in [1.54, 1.807) is 107 Å². The zero-order chi connectivity index (χ0) is 94.9. The maximum atomic E-state index is 15.0. The van der Waals surface area contributed by atoms with Crippen LogP contribution in [0.1, 0.15) is 174 Å². The topological polar surface area (TPSA) is 538 Å². The number of phenolic OH excluding ortho intramolecular Hbond substituents is 1. The molecule has 15 N–H and O–H groups in total. The van der Waals surface area contributed by atoms with Crippen LogP contribution in [0.4, 0.5) is 4.79 Å². The van der Waals surface area contributed by atoms with Gasteiger partial charge in [-0.05, 0) is 117 Å². The van der Waals surface area contributed by atoms with Crippen LogP contribution < -0.4 is 58.9 Å². The number of rotatable bonds is 58. The number of aromatic hydroxyl groups is 1. The Morgan fingerprint density at radius 2 is 1.05 bits per heavy atom. The monoisotopic (exact) mass is 1840 g/mol. The summed E-state index contributed by atoms with van der Waals surface area (Å²) in [6.07, 6.45) is 0.259. The number of carbonyl (C=O) groups excluding carboxylic acids is 15. The van der Waals surface area contributed by atoms with Crippen molar-refractivity contribution < 1.29 is 130 Å². The molecular weight excluding hydrogens is 1710 g/mol. The van der Waals surface area contributed by atoms with Gasteiger partial charge in [-0.15, -0.1) is 0 Å². The van der Waals surface area contributed by atoms with Gasteiger partial charge in [0.15, 0.2) is 0 Å². The third kappa shape index (κ3) is 36.7. The number of nitrogens with zero attached hydrogens (tertiary/aromatic N) is 4. The fraction of sp³-hybridized carbons (Fsp3) is 0.600. The fourth-order valence-corrected chi connectivity index (χ4v) is 15.7. The predicted molar refractivity (Wildman–Crippen MR) is 470 cm³/mol. The first-order chi connectivity index (χ1) is 60.8. The summed E-state index contributed by atoms with van der Waals surface area (Å²) in [6.45, 7) is 12.4. The van der Waals surface area contributed by atoms with Crippen LogP contribution in [-0.2, 0) is 129 Å². The summed E-state index contributed by atoms with van der Waals surface area (Å²) in [4.78, 5) is 237. The summed E-state index contributed by atoms with van der Waals surface area (Å²) in [5.74, 6) is -14.0. The third-order valence-corrected chi connectivity index (χ3v) is 23.0. The summed E-state index contributed by atoms with van der Waals surface area (Å²) in [5.41, 5.74) is 7.06. The number of nitrogens with two attached hydrogens (primary N) is 1. The summed E-state index contributed by atoms with van der Waals surface area (Å²) in [5, 5.41) is 57.1. The Hall–Kier alpha value is -11.2. The zero-order valence-corrected chi connectivity index (χ0v) is 77.5. The first-order valence-electron chi connectivity index (χ1n) is 43.9. The molecule has 129 heavy (non-hydrogen) atoms. The molecule has 2 aliphatic heterocycles. The van der Waals surface area contributed by atoms with Crippen LogP contribution in [-0.4, -0.2) is 283 Å². The number of urea groups is 1. The zero-order valence-electron chi connectivity index (χ0n) is 76.1. The number of amides is 16. The number of benzene rings is 3. The maximum absolute atomic E-state index is 15.0. The number of hydrogen-bond acceptors (Lipinski definition) is 21. The van der Waals surface area contributed by atoms with Crippen LogP contribution >= 0.6 is 0 Å². The molecule has 38 nitrogen and oxygen atoms in total. The summed E-state index contributed by atoms with van der Waals surface area (Å²) < 4.78 is 17.0. The summed E-state index contributed by atoms with van der Waals surface area (Å²) in [6, 6.07) is 9.98. The number of likely N-dealkylation sites (tertiary alicyclic amines) is 2. The number of hydrogen-bond donors (Lipinski definition) is 14. The van der Waals surface area contributed by atoms with Crippen LogP contribution in [0.25, 0.3) is 0 Å². The number of likely N-dealkylation sites (N-methyl/N-ethyl adjacent to an activating group) is 2. The van der Waals surface area contributed by atoms with Gasteiger partial charge in [-0.2, -0.15) is 0 Å². The van der Waals surface area contributed by atoms with Crippen LogP contribution in [0.5, 0.6) is 5.75 Å². The number of ether oxygens (including phenoxy) is 3. The molecule has 2 aliphatic rings. The van der Waals surface area contributed by atoms with Gasteiger partial charge in [0.1, 0.15) is 60.6 Å². The molecular formula is C90H134N15O23V-. The molecule has 39 heteroatoms. The Labute approximate surface area is 766 Å². The van der Waals surface area contributed by atoms with E-state index in [0.717, 1.165) is 16.9 Å². The molecule has 0 aliphatic carbocycles. The van der Waals surface area contributed by atoms with Crippen molar-refractivity contribution in [1.29, 1.82) is 0 Å². The normalized spacial score (nSPS) is 16.0. The third-order valence-electron chi connectivity index (χ3n) is 23.0. The van der Waals surface area contributed by atoms with E-state index in [1.165, 1.54) is 62.4 Å². The van der Waals surface area contributed by atoms with Gasteiger partial charge >= 0.3 is 18.0 Å². The van der Waals surface area contributed by atoms with Crippen molar-refractivity contribution >= 4 is 101 Å². The van der Waals surface area contributed by atoms with Gasteiger partial charge < -0.3 is 113 Å². The van der Waals surface area contributed by atoms with Gasteiger partial charge in [-0.25, -0.2) is 14.4 Å². The minimum Gasteiger partial charge on any atom is -0.508 e. The molecule has 3 aromatic carbocycles. The van der Waals surface area contributed by atoms with Crippen molar-refractivity contribution in [1.82, 2.24) is 72.8 Å². The Kier molecular flexibility index (Phi) is 48.6. The Morgan fingerprint density at radius 3 is 1.57 bits per heavy atom. The number of phenols is 1. The van der Waals surface area contributed by atoms with Gasteiger partial charge in [-0.3, -0.25) is 68.7 Å². The van der Waals surface area contributed by atoms with E-state index in [9.17, 15) is 92.0 Å². The molecule has 0 aromatic heterocycles. The Balaban J connectivity index is 0.0000348. The van der Waals surface area contributed by atoms with E-state index >= 15 is 4.79 Å². The standard InChI is InChI=1S/C90H134N15O23.V/c1-13-56(6)79(69(127-11)52-76(113)104-47-26-34-68(104)80(128-12)57(7)81(114)99-66(88(121)122)50-59-29-18-15-19-30-59)103(9)87(120)77(54(2)3)101-86(119)78(55(4)5)102(8)73(110)36-24-35-71(108)96-65(49-58-27-16-14-17-28-58)85(118)98-64(33-25-46-94-90(91)125)83(116)97-63(84(117)100-67(89(123)124)51-60-37-39-61(106)40-38-60)32-21-23-45-93-82(115)62(31-20-22-44-92-70(107)43-48-126-10)95-72(109)53-105-74(111)41-42-75(105)112;/h14-19,27-30,37-41,54-57,62-69,77-80,106H,13,20-26,31-36,42-53H2,1-12H3,(H,92,107)(H,93,115)(H,95,109)(H,96,108)(H,97,116)(H,98,118)(H,99,114)(H,100,117)(H,101,119)(H,121,122)(H,123,124)(H3,91,94,125);/q-1;/t56-,57+,62-,63-,64-,65-,66-,67-,68-,69+,77-,78-,79-,80+;/m0./s1. The SMILES string of the molecule is CC[C@H](C)[C@@H]([C@@H](CC(=O)N1CCC[C@H]1[C@H](OC)[C@@H](C)C(=O)N[C@@H](Cc1ccccc1)C(=O)O)OC)N(C)C(=O)[C@@H](NC(=O)[C@H](C(C)C)N(C)C(=O)CCCC(=O)N[C@@H](Cc1ccccc1)C(=O)N[C@@H](CCCNC(N)=O)C(=O)N[C@@H](CCCCNC(=O)[C@H](CCCCNC(=O)CCOC)NC(=O)CN1C(=O)[CH-]CC1=O)C(=O)N[C@@H](Cc1ccc(O)cc1)C(=O)O)C(C)C.[V]. The molecule has 713 valence electrons. The number of methoxy groups -OCH3 is 3. The van der Waals surface area contributed by atoms with Crippen molar-refractivity contribution in [3.8, 4) is 5.75 Å². The van der Waals surface area contributed by atoms with Crippen molar-refractivity contribution in [2.24, 2.45) is 29.4 Å². The number of carbonyl (C=O) groups is 17. The first kappa shape index (κ1) is 110. The maximum Gasteiger partial charge on any atom is 0.326 e. The average Bonchev–Trinajstić information content (AvgIpc) is 1.35. The smallest absolute Gasteiger partial charge is 0.326 e. The van der Waals surface area contributed by atoms with Gasteiger partial charge in [0.05, 0.1) is 49.1 Å². The molecule has 16 amide bonds. The molecule has 2 heterocycles. The van der Waals surface area contributed by atoms with Crippen LogP contribution in [0, 0.1) is 30.1 Å². The molecule has 0 bridgehead atoms. The minimum absolute atomic E-state index is 0. The van der Waals surface area contributed by atoms with E-state index in [-0.39, 0.29) is 165 Å². The predicted octanol–water partition coefficient (Wildman–Crippen LogP) is 2.23. The second-order valence-electron chi connectivity index (χ2n) is 33.3. The molecule has 3 aromatic rings. The molecule has 2 fully saturated rings. The molecule has 14 atom stereocenters. The van der Waals surface area contributed by atoms with E-state index in [2.05, 4.69) is 53.2 Å². The Bertz CT molecular complexity index is 4170. The van der Waals surface area contributed by atoms with Crippen molar-refractivity contribution in [2.75, 3.05) is 74.8 Å². The second-order valence-corrected chi connectivity index (χ2v) is 33.3. The summed E-state index contributed by atoms with van der Waals surface area (Å²) >= 11 is 0. The number of primary amides is 1. The van der Waals surface area contributed by atoms with E-state index in [0.29, 0.717) is 49.8 Å². The van der Waals surface area contributed by atoms with Crippen LogP contribution in [0.2, 0.25) is 0 Å². The van der Waals surface area contributed by atoms with Gasteiger partial charge in [0.25, 0.3) is 0 Å². The number of carboxylic acid groups (broad SMARTS) is 2. The summed E-state index contributed by atoms with van der Waals surface area (Å²) in [7, 11) is 7.35. The number of nitrogens with one attached hydrogen (secondary N) is 10. The fourth-order valence-electron chi connectivity index (χ4n) is 15.7. The van der Waals surface area contributed by atoms with E-state index < -0.39 is 186 Å². The van der Waals surface area contributed by atoms with E-state index in [4.69, 9.17) is 19.9 Å². The minimum atomic E-state index is -1.59. The molecule has 0 unspecified atom stereocenters. The second kappa shape index (κ2) is 57.0. The number of imide groups is 1. The van der Waals surface area contributed by atoms with Crippen molar-refractivity contribution in [3.05, 3.63) is 108 Å². The van der Waals surface area contributed by atoms with Gasteiger partial charge in [0, 0.05) is 119 Å². The molecule has 0 saturated carbocycles. The largest absolute Gasteiger partial charge is 0.508 e. The Morgan fingerprint density at radius 1 is 0.543 bits per heavy atom. The average molecular weight is 1850 g/mol. The molecule has 0 spiro atoms. The number of carboxylic acids is 2. The van der Waals surface area contributed by atoms with Crippen molar-refractivity contribution in [3.63, 3.8) is 0 Å². The van der Waals surface area contributed by atoms with E-state index in [1.807, 2.05) is 13.8 Å². The quantitative estimate of drug-likeness (QED) is 0.0219. The van der Waals surface area contributed by atoms with Crippen LogP contribution in [0.15, 0.2) is 84.9 Å². The number of aliphatic carboxylic acids is 2. The molecule has 2 saturated heterocycles.